The fraction of sp³-hybridized carbons (Fsp3) is 0.500. The van der Waals surface area contributed by atoms with Crippen LogP contribution in [0.1, 0.15) is 43.1 Å². The minimum absolute atomic E-state index is 0.0251. The van der Waals surface area contributed by atoms with Crippen molar-refractivity contribution in [1.29, 1.82) is 0 Å². The van der Waals surface area contributed by atoms with Crippen molar-refractivity contribution in [1.82, 2.24) is 0 Å². The zero-order valence-corrected chi connectivity index (χ0v) is 13.0. The Kier molecular flexibility index (Phi) is 4.98. The quantitative estimate of drug-likeness (QED) is 0.602. The summed E-state index contributed by atoms with van der Waals surface area (Å²) >= 11 is 1.80. The number of ether oxygens (including phenoxy) is 1. The molecule has 0 spiro atoms. The third kappa shape index (κ3) is 4.66. The van der Waals surface area contributed by atoms with E-state index < -0.39 is 0 Å². The van der Waals surface area contributed by atoms with E-state index in [1.54, 1.807) is 29.7 Å². The molecule has 3 heteroatoms. The van der Waals surface area contributed by atoms with Crippen LogP contribution in [0, 0.1) is 5.41 Å². The first-order valence-electron chi connectivity index (χ1n) is 5.70. The van der Waals surface area contributed by atoms with Gasteiger partial charge in [0, 0.05) is 22.6 Å². The Hall–Kier alpha value is -0.580. The van der Waals surface area contributed by atoms with Crippen molar-refractivity contribution in [3.05, 3.63) is 29.3 Å². The summed E-state index contributed by atoms with van der Waals surface area (Å²) in [6.07, 6.45) is 2.10. The van der Waals surface area contributed by atoms with Crippen molar-refractivity contribution < 1.29 is 9.53 Å². The second-order valence-electron chi connectivity index (χ2n) is 5.37. The molecule has 0 aromatic heterocycles. The van der Waals surface area contributed by atoms with Crippen molar-refractivity contribution in [2.45, 2.75) is 33.6 Å². The van der Waals surface area contributed by atoms with Crippen LogP contribution < -0.4 is 4.74 Å². The maximum absolute atomic E-state index is 11.5. The molecule has 1 aromatic rings. The third-order valence-electron chi connectivity index (χ3n) is 2.64. The van der Waals surface area contributed by atoms with E-state index in [1.807, 2.05) is 18.2 Å². The minimum Gasteiger partial charge on any atom is -0.496 e. The lowest BCUT2D eigenvalue weighted by atomic mass is 9.88. The second kappa shape index (κ2) is 5.85. The van der Waals surface area contributed by atoms with E-state index in [4.69, 9.17) is 4.74 Å². The number of carbonyl (C=O) groups excluding carboxylic acids is 1. The molecule has 0 bridgehead atoms. The van der Waals surface area contributed by atoms with E-state index >= 15 is 0 Å². The Balaban J connectivity index is 2.89. The summed E-state index contributed by atoms with van der Waals surface area (Å²) in [5.41, 5.74) is 2.18. The number of halogens is 1. The first-order valence-corrected chi connectivity index (χ1v) is 6.78. The molecular formula is C14H19IO2. The molecule has 0 aliphatic rings. The highest BCUT2D eigenvalue weighted by atomic mass is 127. The zero-order valence-electron chi connectivity index (χ0n) is 10.8. The third-order valence-corrected chi connectivity index (χ3v) is 3.22. The van der Waals surface area contributed by atoms with E-state index in [1.165, 1.54) is 5.56 Å². The summed E-state index contributed by atoms with van der Waals surface area (Å²) in [6, 6.07) is 5.86. The largest absolute Gasteiger partial charge is 0.496 e. The predicted octanol–water partition coefficient (Wildman–Crippen LogP) is 4.25. The molecule has 0 heterocycles. The Morgan fingerprint density at radius 1 is 1.35 bits per heavy atom. The summed E-state index contributed by atoms with van der Waals surface area (Å²) in [4.78, 5) is 11.5. The van der Waals surface area contributed by atoms with E-state index in [9.17, 15) is 4.79 Å². The van der Waals surface area contributed by atoms with Gasteiger partial charge in [-0.2, -0.15) is 0 Å². The number of rotatable bonds is 4. The number of hydrogen-bond donors (Lipinski definition) is 0. The molecule has 0 saturated heterocycles. The van der Waals surface area contributed by atoms with Gasteiger partial charge < -0.3 is 4.74 Å². The van der Waals surface area contributed by atoms with Crippen LogP contribution in [0.15, 0.2) is 18.2 Å². The van der Waals surface area contributed by atoms with Crippen LogP contribution in [0.4, 0.5) is 0 Å². The average Bonchev–Trinajstić information content (AvgIpc) is 2.25. The molecule has 0 atom stereocenters. The molecule has 0 aliphatic carbocycles. The highest BCUT2D eigenvalue weighted by Crippen LogP contribution is 2.26. The number of benzene rings is 1. The van der Waals surface area contributed by atoms with Gasteiger partial charge in [0.15, 0.2) is 0 Å². The van der Waals surface area contributed by atoms with E-state index in [2.05, 4.69) is 20.8 Å². The molecule has 1 aromatic carbocycles. The van der Waals surface area contributed by atoms with Gasteiger partial charge in [0.25, 0.3) is 0 Å². The van der Waals surface area contributed by atoms with Crippen molar-refractivity contribution >= 4 is 26.4 Å². The molecule has 0 fully saturated rings. The Labute approximate surface area is 117 Å². The molecule has 0 saturated carbocycles. The molecule has 2 nitrogen and oxygen atoms in total. The topological polar surface area (TPSA) is 26.3 Å². The normalized spacial score (nSPS) is 11.4. The minimum atomic E-state index is 0.0251. The summed E-state index contributed by atoms with van der Waals surface area (Å²) in [6.45, 7) is 6.67. The lowest BCUT2D eigenvalue weighted by molar-refractivity contribution is 0.110. The van der Waals surface area contributed by atoms with E-state index in [0.717, 1.165) is 12.8 Å². The molecular weight excluding hydrogens is 327 g/mol. The number of hydrogen-bond acceptors (Lipinski definition) is 2. The monoisotopic (exact) mass is 346 g/mol. The van der Waals surface area contributed by atoms with Crippen LogP contribution in [0.2, 0.25) is 0 Å². The SMILES string of the molecule is COc1ccc(CCC(C)(C)C)cc1C(=O)I. The van der Waals surface area contributed by atoms with Gasteiger partial charge in [-0.25, -0.2) is 0 Å². The van der Waals surface area contributed by atoms with Crippen molar-refractivity contribution in [3.63, 3.8) is 0 Å². The first kappa shape index (κ1) is 14.5. The fourth-order valence-electron chi connectivity index (χ4n) is 1.58. The highest BCUT2D eigenvalue weighted by molar-refractivity contribution is 14.1. The molecule has 0 unspecified atom stereocenters. The maximum atomic E-state index is 11.5. The van der Waals surface area contributed by atoms with Crippen LogP contribution in [0.25, 0.3) is 0 Å². The van der Waals surface area contributed by atoms with Crippen molar-refractivity contribution in [2.75, 3.05) is 7.11 Å². The molecule has 0 aliphatic heterocycles. The Morgan fingerprint density at radius 2 is 2.00 bits per heavy atom. The van der Waals surface area contributed by atoms with Gasteiger partial charge in [0.2, 0.25) is 3.79 Å². The molecule has 17 heavy (non-hydrogen) atoms. The zero-order chi connectivity index (χ0) is 13.1. The second-order valence-corrected chi connectivity index (χ2v) is 6.35. The summed E-state index contributed by atoms with van der Waals surface area (Å²) in [7, 11) is 1.59. The van der Waals surface area contributed by atoms with Crippen LogP contribution >= 0.6 is 22.6 Å². The Bertz CT molecular complexity index is 405. The van der Waals surface area contributed by atoms with E-state index in [-0.39, 0.29) is 3.79 Å². The molecule has 0 radical (unpaired) electrons. The van der Waals surface area contributed by atoms with Crippen molar-refractivity contribution in [3.8, 4) is 5.75 Å². The maximum Gasteiger partial charge on any atom is 0.226 e. The van der Waals surface area contributed by atoms with E-state index in [0.29, 0.717) is 16.7 Å². The summed E-state index contributed by atoms with van der Waals surface area (Å²) < 4.78 is 5.21. The molecule has 0 amide bonds. The van der Waals surface area contributed by atoms with Gasteiger partial charge in [-0.15, -0.1) is 0 Å². The van der Waals surface area contributed by atoms with Gasteiger partial charge in [-0.1, -0.05) is 26.8 Å². The highest BCUT2D eigenvalue weighted by Gasteiger charge is 2.13. The average molecular weight is 346 g/mol. The van der Waals surface area contributed by atoms with Gasteiger partial charge in [0.1, 0.15) is 5.75 Å². The molecule has 0 N–H and O–H groups in total. The molecule has 1 rings (SSSR count). The smallest absolute Gasteiger partial charge is 0.226 e. The van der Waals surface area contributed by atoms with Gasteiger partial charge in [-0.3, -0.25) is 4.79 Å². The van der Waals surface area contributed by atoms with Crippen LogP contribution in [-0.4, -0.2) is 10.9 Å². The number of carbonyl (C=O) groups is 1. The fourth-order valence-corrected chi connectivity index (χ4v) is 2.01. The van der Waals surface area contributed by atoms with Gasteiger partial charge in [0.05, 0.1) is 12.7 Å². The standard InChI is InChI=1S/C14H19IO2/c1-14(2,3)8-7-10-5-6-12(17-4)11(9-10)13(15)16/h5-6,9H,7-8H2,1-4H3. The van der Waals surface area contributed by atoms with Crippen molar-refractivity contribution in [2.24, 2.45) is 5.41 Å². The molecule has 94 valence electrons. The summed E-state index contributed by atoms with van der Waals surface area (Å²) in [5.74, 6) is 0.656. The number of methoxy groups -OCH3 is 1. The van der Waals surface area contributed by atoms with Crippen LogP contribution in [0.3, 0.4) is 0 Å². The first-order chi connectivity index (χ1) is 7.83. The van der Waals surface area contributed by atoms with Crippen LogP contribution in [0.5, 0.6) is 5.75 Å². The van der Waals surface area contributed by atoms with Gasteiger partial charge in [-0.05, 0) is 36.0 Å². The lowest BCUT2D eigenvalue weighted by Crippen LogP contribution is -2.07. The Morgan fingerprint density at radius 3 is 2.47 bits per heavy atom. The summed E-state index contributed by atoms with van der Waals surface area (Å²) in [5, 5.41) is 0. The van der Waals surface area contributed by atoms with Crippen LogP contribution in [-0.2, 0) is 6.42 Å². The predicted molar refractivity (Wildman–Crippen MR) is 79.1 cm³/mol. The van der Waals surface area contributed by atoms with Gasteiger partial charge >= 0.3 is 0 Å². The number of aryl methyl sites for hydroxylation is 1. The lowest BCUT2D eigenvalue weighted by Gasteiger charge is -2.18.